The average molecular weight is 236 g/mol. The lowest BCUT2D eigenvalue weighted by atomic mass is 10.2. The molecule has 0 radical (unpaired) electrons. The average Bonchev–Trinajstić information content (AvgIpc) is 2.75. The summed E-state index contributed by atoms with van der Waals surface area (Å²) in [5.74, 6) is 0.0422. The lowest BCUT2D eigenvalue weighted by molar-refractivity contribution is 1.14. The highest BCUT2D eigenvalue weighted by Gasteiger charge is 2.13. The van der Waals surface area contributed by atoms with Gasteiger partial charge in [-0.2, -0.15) is 10.5 Å². The molecule has 0 aliphatic carbocycles. The van der Waals surface area contributed by atoms with Crippen molar-refractivity contribution in [2.24, 2.45) is 0 Å². The van der Waals surface area contributed by atoms with Crippen molar-refractivity contribution in [2.75, 3.05) is 0 Å². The zero-order valence-corrected chi connectivity index (χ0v) is 9.32. The molecule has 4 nitrogen and oxygen atoms in total. The highest BCUT2D eigenvalue weighted by atomic mass is 32.1. The summed E-state index contributed by atoms with van der Waals surface area (Å²) >= 11 is 1.47. The van der Waals surface area contributed by atoms with Crippen LogP contribution in [-0.4, -0.2) is 9.97 Å². The van der Waals surface area contributed by atoms with Crippen molar-refractivity contribution in [2.45, 2.75) is 0 Å². The first kappa shape index (κ1) is 9.71. The molecule has 0 saturated heterocycles. The van der Waals surface area contributed by atoms with Crippen LogP contribution in [0.2, 0.25) is 0 Å². The first-order valence-electron chi connectivity index (χ1n) is 4.83. The van der Waals surface area contributed by atoms with Crippen LogP contribution in [0.3, 0.4) is 0 Å². The maximum atomic E-state index is 9.09. The predicted molar refractivity (Wildman–Crippen MR) is 64.4 cm³/mol. The van der Waals surface area contributed by atoms with Crippen LogP contribution in [0.4, 0.5) is 0 Å². The summed E-state index contributed by atoms with van der Waals surface area (Å²) in [5.41, 5.74) is 0.268. The summed E-state index contributed by atoms with van der Waals surface area (Å²) in [6.45, 7) is 0. The monoisotopic (exact) mass is 236 g/mol. The van der Waals surface area contributed by atoms with E-state index in [0.29, 0.717) is 4.83 Å². The molecule has 0 saturated carbocycles. The van der Waals surface area contributed by atoms with Crippen molar-refractivity contribution in [3.63, 3.8) is 0 Å². The summed E-state index contributed by atoms with van der Waals surface area (Å²) < 4.78 is 1.04. The quantitative estimate of drug-likeness (QED) is 0.601. The Morgan fingerprint density at radius 1 is 1.06 bits per heavy atom. The SMILES string of the molecule is N#Cc1nc(C#N)c2c(n1)sc1ccccc12. The van der Waals surface area contributed by atoms with Gasteiger partial charge in [0.25, 0.3) is 0 Å². The topological polar surface area (TPSA) is 73.4 Å². The molecule has 0 amide bonds. The maximum absolute atomic E-state index is 9.09. The number of nitrogens with zero attached hydrogens (tertiary/aromatic N) is 4. The van der Waals surface area contributed by atoms with Gasteiger partial charge in [-0.05, 0) is 6.07 Å². The Hall–Kier alpha value is -2.50. The van der Waals surface area contributed by atoms with Gasteiger partial charge >= 0.3 is 0 Å². The number of thiophene rings is 1. The Kier molecular flexibility index (Phi) is 2.01. The Bertz CT molecular complexity index is 820. The van der Waals surface area contributed by atoms with Crippen LogP contribution >= 0.6 is 11.3 Å². The predicted octanol–water partition coefficient (Wildman–Crippen LogP) is 2.59. The minimum atomic E-state index is 0.0422. The Morgan fingerprint density at radius 3 is 2.65 bits per heavy atom. The van der Waals surface area contributed by atoms with Gasteiger partial charge in [-0.25, -0.2) is 9.97 Å². The second-order valence-corrected chi connectivity index (χ2v) is 4.43. The minimum Gasteiger partial charge on any atom is -0.208 e. The lowest BCUT2D eigenvalue weighted by Gasteiger charge is -1.94. The molecule has 1 aromatic carbocycles. The van der Waals surface area contributed by atoms with Crippen LogP contribution in [0.5, 0.6) is 0 Å². The van der Waals surface area contributed by atoms with Gasteiger partial charge in [-0.3, -0.25) is 0 Å². The van der Waals surface area contributed by atoms with E-state index in [1.165, 1.54) is 11.3 Å². The van der Waals surface area contributed by atoms with Crippen molar-refractivity contribution in [1.29, 1.82) is 10.5 Å². The van der Waals surface area contributed by atoms with Crippen LogP contribution < -0.4 is 0 Å². The fraction of sp³-hybridized carbons (Fsp3) is 0. The van der Waals surface area contributed by atoms with Crippen molar-refractivity contribution in [3.8, 4) is 12.1 Å². The molecule has 0 spiro atoms. The van der Waals surface area contributed by atoms with Crippen molar-refractivity contribution < 1.29 is 0 Å². The summed E-state index contributed by atoms with van der Waals surface area (Å²) in [4.78, 5) is 8.76. The summed E-state index contributed by atoms with van der Waals surface area (Å²) in [6, 6.07) is 11.6. The molecule has 17 heavy (non-hydrogen) atoms. The van der Waals surface area contributed by atoms with E-state index in [9.17, 15) is 0 Å². The third kappa shape index (κ3) is 1.34. The second-order valence-electron chi connectivity index (χ2n) is 3.40. The van der Waals surface area contributed by atoms with E-state index in [1.807, 2.05) is 36.4 Å². The molecule has 0 N–H and O–H groups in total. The molecule has 2 aromatic heterocycles. The van der Waals surface area contributed by atoms with Crippen LogP contribution in [-0.2, 0) is 0 Å². The van der Waals surface area contributed by atoms with Crippen LogP contribution in [0.1, 0.15) is 11.5 Å². The van der Waals surface area contributed by atoms with Gasteiger partial charge < -0.3 is 0 Å². The van der Waals surface area contributed by atoms with Crippen molar-refractivity contribution in [1.82, 2.24) is 9.97 Å². The zero-order valence-electron chi connectivity index (χ0n) is 8.51. The third-order valence-electron chi connectivity index (χ3n) is 2.44. The van der Waals surface area contributed by atoms with E-state index in [0.717, 1.165) is 15.5 Å². The van der Waals surface area contributed by atoms with Gasteiger partial charge in [0.2, 0.25) is 5.82 Å². The van der Waals surface area contributed by atoms with E-state index < -0.39 is 0 Å². The number of hydrogen-bond acceptors (Lipinski definition) is 5. The molecule has 0 bridgehead atoms. The van der Waals surface area contributed by atoms with E-state index >= 15 is 0 Å². The highest BCUT2D eigenvalue weighted by Crippen LogP contribution is 2.33. The van der Waals surface area contributed by atoms with Crippen LogP contribution in [0, 0.1) is 22.7 Å². The molecule has 2 heterocycles. The molecule has 5 heteroatoms. The Morgan fingerprint density at radius 2 is 1.88 bits per heavy atom. The number of fused-ring (bicyclic) bond motifs is 3. The molecular weight excluding hydrogens is 232 g/mol. The number of benzene rings is 1. The number of hydrogen-bond donors (Lipinski definition) is 0. The molecule has 0 unspecified atom stereocenters. The maximum Gasteiger partial charge on any atom is 0.234 e. The molecule has 0 aliphatic heterocycles. The van der Waals surface area contributed by atoms with Crippen molar-refractivity contribution in [3.05, 3.63) is 35.8 Å². The molecule has 3 rings (SSSR count). The van der Waals surface area contributed by atoms with Crippen molar-refractivity contribution >= 4 is 31.6 Å². The zero-order chi connectivity index (χ0) is 11.8. The van der Waals surface area contributed by atoms with Gasteiger partial charge in [0.15, 0.2) is 5.69 Å². The number of rotatable bonds is 0. The largest absolute Gasteiger partial charge is 0.234 e. The summed E-state index contributed by atoms with van der Waals surface area (Å²) in [5, 5.41) is 19.6. The molecule has 78 valence electrons. The number of aromatic nitrogens is 2. The first-order chi connectivity index (χ1) is 8.33. The minimum absolute atomic E-state index is 0.0422. The van der Waals surface area contributed by atoms with Crippen LogP contribution in [0.15, 0.2) is 24.3 Å². The Balaban J connectivity index is 2.59. The normalized spacial score (nSPS) is 10.2. The lowest BCUT2D eigenvalue weighted by Crippen LogP contribution is -1.92. The summed E-state index contributed by atoms with van der Waals surface area (Å²) in [7, 11) is 0. The Labute approximate surface area is 100 Å². The van der Waals surface area contributed by atoms with Gasteiger partial charge in [0, 0.05) is 10.1 Å². The van der Waals surface area contributed by atoms with Gasteiger partial charge in [-0.15, -0.1) is 11.3 Å². The summed E-state index contributed by atoms with van der Waals surface area (Å²) in [6.07, 6.45) is 0. The molecular formula is C12H4N4S. The fourth-order valence-electron chi connectivity index (χ4n) is 1.75. The fourth-order valence-corrected chi connectivity index (χ4v) is 2.83. The smallest absolute Gasteiger partial charge is 0.208 e. The molecule has 0 fully saturated rings. The third-order valence-corrected chi connectivity index (χ3v) is 3.51. The standard InChI is InChI=1S/C12H4N4S/c13-5-8-11-7-3-1-2-4-9(7)17-12(11)16-10(6-14)15-8/h1-4H. The first-order valence-corrected chi connectivity index (χ1v) is 5.64. The van der Waals surface area contributed by atoms with E-state index in [-0.39, 0.29) is 11.5 Å². The van der Waals surface area contributed by atoms with Gasteiger partial charge in [0.05, 0.1) is 5.39 Å². The van der Waals surface area contributed by atoms with Gasteiger partial charge in [0.1, 0.15) is 17.0 Å². The van der Waals surface area contributed by atoms with E-state index in [4.69, 9.17) is 10.5 Å². The van der Waals surface area contributed by atoms with E-state index in [2.05, 4.69) is 9.97 Å². The second kappa shape index (κ2) is 3.51. The van der Waals surface area contributed by atoms with E-state index in [1.54, 1.807) is 0 Å². The number of nitriles is 2. The highest BCUT2D eigenvalue weighted by molar-refractivity contribution is 7.25. The van der Waals surface area contributed by atoms with Gasteiger partial charge in [-0.1, -0.05) is 18.2 Å². The van der Waals surface area contributed by atoms with Crippen LogP contribution in [0.25, 0.3) is 20.3 Å². The molecule has 0 aliphatic rings. The molecule has 0 atom stereocenters. The molecule has 3 aromatic rings.